The third-order valence-electron chi connectivity index (χ3n) is 5.29. The van der Waals surface area contributed by atoms with Crippen LogP contribution in [0.5, 0.6) is 0 Å². The zero-order valence-corrected chi connectivity index (χ0v) is 10.8. The molecule has 0 spiro atoms. The Morgan fingerprint density at radius 3 is 2.58 bits per heavy atom. The van der Waals surface area contributed by atoms with E-state index in [0.717, 1.165) is 12.8 Å². The smallest absolute Gasteiger partial charge is 0.355 e. The van der Waals surface area contributed by atoms with Crippen molar-refractivity contribution >= 4 is 5.91 Å². The van der Waals surface area contributed by atoms with Crippen molar-refractivity contribution in [2.75, 3.05) is 19.6 Å². The number of rotatable bonds is 4. The normalized spacial score (nSPS) is 37.6. The van der Waals surface area contributed by atoms with Crippen LogP contribution in [0, 0.1) is 16.7 Å². The quantitative estimate of drug-likeness (QED) is 0.822. The highest BCUT2D eigenvalue weighted by Gasteiger charge is 2.81. The second-order valence-corrected chi connectivity index (χ2v) is 6.42. The molecule has 3 fully saturated rings. The molecule has 3 aliphatic rings. The van der Waals surface area contributed by atoms with Gasteiger partial charge in [0.15, 0.2) is 0 Å². The summed E-state index contributed by atoms with van der Waals surface area (Å²) in [5.74, 6) is 0.361. The molecule has 0 aromatic carbocycles. The van der Waals surface area contributed by atoms with E-state index in [2.05, 4.69) is 10.6 Å². The van der Waals surface area contributed by atoms with Crippen LogP contribution in [0.3, 0.4) is 0 Å². The molecule has 0 aromatic rings. The molecule has 1 amide bonds. The Morgan fingerprint density at radius 2 is 2.05 bits per heavy atom. The largest absolute Gasteiger partial charge is 0.396 e. The van der Waals surface area contributed by atoms with Gasteiger partial charge in [0, 0.05) is 31.5 Å². The van der Waals surface area contributed by atoms with Crippen molar-refractivity contribution in [3.8, 4) is 0 Å². The Hall–Kier alpha value is -0.780. The van der Waals surface area contributed by atoms with Gasteiger partial charge in [-0.05, 0) is 25.2 Å². The summed E-state index contributed by atoms with van der Waals surface area (Å²) >= 11 is 0. The fraction of sp³-hybridized carbons (Fsp3) is 0.923. The van der Waals surface area contributed by atoms with Crippen molar-refractivity contribution in [3.05, 3.63) is 0 Å². The molecular formula is C13H19F3N2O. The summed E-state index contributed by atoms with van der Waals surface area (Å²) in [6.45, 7) is 0.510. The third kappa shape index (κ3) is 1.95. The Bertz CT molecular complexity index is 394. The van der Waals surface area contributed by atoms with Crippen LogP contribution >= 0.6 is 0 Å². The van der Waals surface area contributed by atoms with Crippen LogP contribution in [-0.2, 0) is 4.79 Å². The Balaban J connectivity index is 1.54. The summed E-state index contributed by atoms with van der Waals surface area (Å²) in [6, 6.07) is 0. The zero-order valence-electron chi connectivity index (χ0n) is 10.8. The van der Waals surface area contributed by atoms with E-state index >= 15 is 0 Å². The van der Waals surface area contributed by atoms with Gasteiger partial charge in [-0.3, -0.25) is 4.79 Å². The van der Waals surface area contributed by atoms with Crippen LogP contribution in [0.2, 0.25) is 0 Å². The van der Waals surface area contributed by atoms with E-state index in [-0.39, 0.29) is 25.4 Å². The molecule has 3 rings (SSSR count). The molecule has 0 bridgehead atoms. The maximum absolute atomic E-state index is 13.1. The first-order valence-electron chi connectivity index (χ1n) is 6.93. The number of fused-ring (bicyclic) bond motifs is 1. The number of carbonyl (C=O) groups excluding carboxylic acids is 1. The van der Waals surface area contributed by atoms with Crippen molar-refractivity contribution in [1.82, 2.24) is 10.6 Å². The number of piperidine rings is 1. The molecule has 2 saturated carbocycles. The minimum absolute atomic E-state index is 0.00496. The lowest BCUT2D eigenvalue weighted by Gasteiger charge is -2.25. The fourth-order valence-electron chi connectivity index (χ4n) is 3.62. The van der Waals surface area contributed by atoms with E-state index in [1.165, 1.54) is 6.42 Å². The van der Waals surface area contributed by atoms with Gasteiger partial charge in [0.25, 0.3) is 0 Å². The molecular weight excluding hydrogens is 257 g/mol. The van der Waals surface area contributed by atoms with Crippen LogP contribution in [0.4, 0.5) is 13.2 Å². The summed E-state index contributed by atoms with van der Waals surface area (Å²) in [7, 11) is 0. The average molecular weight is 276 g/mol. The van der Waals surface area contributed by atoms with Gasteiger partial charge in [0.05, 0.1) is 5.41 Å². The predicted octanol–water partition coefficient (Wildman–Crippen LogP) is 1.83. The first-order chi connectivity index (χ1) is 8.89. The predicted molar refractivity (Wildman–Crippen MR) is 63.4 cm³/mol. The van der Waals surface area contributed by atoms with Crippen molar-refractivity contribution in [3.63, 3.8) is 0 Å². The number of amides is 1. The van der Waals surface area contributed by atoms with E-state index in [0.29, 0.717) is 18.9 Å². The molecule has 1 aliphatic heterocycles. The fourth-order valence-corrected chi connectivity index (χ4v) is 3.62. The van der Waals surface area contributed by atoms with Crippen molar-refractivity contribution in [1.29, 1.82) is 0 Å². The van der Waals surface area contributed by atoms with Gasteiger partial charge in [-0.1, -0.05) is 6.42 Å². The first kappa shape index (κ1) is 13.2. The molecule has 3 nitrogen and oxygen atoms in total. The van der Waals surface area contributed by atoms with Crippen LogP contribution in [0.25, 0.3) is 0 Å². The van der Waals surface area contributed by atoms with E-state index in [1.807, 2.05) is 0 Å². The molecule has 6 heteroatoms. The van der Waals surface area contributed by atoms with E-state index < -0.39 is 17.0 Å². The zero-order chi connectivity index (χ0) is 13.7. The highest BCUT2D eigenvalue weighted by Crippen LogP contribution is 2.72. The monoisotopic (exact) mass is 276 g/mol. The van der Waals surface area contributed by atoms with E-state index in [9.17, 15) is 18.0 Å². The molecule has 108 valence electrons. The van der Waals surface area contributed by atoms with Crippen LogP contribution in [-0.4, -0.2) is 31.7 Å². The average Bonchev–Trinajstić information content (AvgIpc) is 2.79. The number of halogens is 3. The summed E-state index contributed by atoms with van der Waals surface area (Å²) in [5.41, 5.74) is -2.38. The van der Waals surface area contributed by atoms with E-state index in [4.69, 9.17) is 0 Å². The second-order valence-electron chi connectivity index (χ2n) is 6.42. The number of hydrogen-bond acceptors (Lipinski definition) is 2. The Morgan fingerprint density at radius 1 is 1.32 bits per heavy atom. The number of nitrogens with one attached hydrogen (secondary N) is 2. The van der Waals surface area contributed by atoms with Gasteiger partial charge in [-0.2, -0.15) is 13.2 Å². The first-order valence-corrected chi connectivity index (χ1v) is 6.93. The van der Waals surface area contributed by atoms with Gasteiger partial charge in [-0.25, -0.2) is 0 Å². The van der Waals surface area contributed by atoms with Crippen molar-refractivity contribution in [2.24, 2.45) is 16.7 Å². The maximum Gasteiger partial charge on any atom is 0.396 e. The lowest BCUT2D eigenvalue weighted by Crippen LogP contribution is -2.38. The minimum atomic E-state index is -4.17. The molecule has 0 unspecified atom stereocenters. The van der Waals surface area contributed by atoms with Crippen LogP contribution in [0.15, 0.2) is 0 Å². The van der Waals surface area contributed by atoms with Gasteiger partial charge in [-0.15, -0.1) is 0 Å². The third-order valence-corrected chi connectivity index (χ3v) is 5.29. The number of carbonyl (C=O) groups is 1. The molecule has 0 radical (unpaired) electrons. The molecule has 2 N–H and O–H groups in total. The maximum atomic E-state index is 13.1. The standard InChI is InChI=1S/C13H19F3N2O/c14-13(15,16)12-5-11(12,6-17-8-12)7-18-10(19)4-9-2-1-3-9/h9,17H,1-8H2,(H,18,19)/t11-,12-/m0/s1. The minimum Gasteiger partial charge on any atom is -0.355 e. The molecule has 19 heavy (non-hydrogen) atoms. The lowest BCUT2D eigenvalue weighted by molar-refractivity contribution is -0.190. The molecule has 2 atom stereocenters. The molecule has 1 saturated heterocycles. The number of alkyl halides is 3. The number of hydrogen-bond donors (Lipinski definition) is 2. The summed E-state index contributed by atoms with van der Waals surface area (Å²) in [5, 5.41) is 5.55. The van der Waals surface area contributed by atoms with E-state index in [1.54, 1.807) is 0 Å². The Kier molecular flexibility index (Phi) is 2.86. The van der Waals surface area contributed by atoms with Crippen LogP contribution < -0.4 is 10.6 Å². The lowest BCUT2D eigenvalue weighted by atomic mass is 9.83. The Labute approximate surface area is 110 Å². The van der Waals surface area contributed by atoms with Gasteiger partial charge in [0.2, 0.25) is 5.91 Å². The second kappa shape index (κ2) is 4.11. The summed E-state index contributed by atoms with van der Waals surface area (Å²) in [6.07, 6.45) is -0.222. The van der Waals surface area contributed by atoms with Gasteiger partial charge in [0.1, 0.15) is 0 Å². The van der Waals surface area contributed by atoms with Crippen molar-refractivity contribution < 1.29 is 18.0 Å². The molecule has 2 aliphatic carbocycles. The van der Waals surface area contributed by atoms with Gasteiger partial charge >= 0.3 is 6.18 Å². The summed E-state index contributed by atoms with van der Waals surface area (Å²) < 4.78 is 39.2. The topological polar surface area (TPSA) is 41.1 Å². The van der Waals surface area contributed by atoms with Crippen LogP contribution in [0.1, 0.15) is 32.1 Å². The SMILES string of the molecule is O=C(CC1CCC1)NC[C@]12CNC[C@@]1(C(F)(F)F)C2. The van der Waals surface area contributed by atoms with Gasteiger partial charge < -0.3 is 10.6 Å². The molecule has 1 heterocycles. The van der Waals surface area contributed by atoms with Crippen molar-refractivity contribution in [2.45, 2.75) is 38.3 Å². The highest BCUT2D eigenvalue weighted by molar-refractivity contribution is 5.76. The molecule has 0 aromatic heterocycles. The highest BCUT2D eigenvalue weighted by atomic mass is 19.4. The summed E-state index contributed by atoms with van der Waals surface area (Å²) in [4.78, 5) is 11.7.